The Labute approximate surface area is 68.7 Å². The van der Waals surface area contributed by atoms with Gasteiger partial charge in [0.1, 0.15) is 0 Å². The Morgan fingerprint density at radius 1 is 1.40 bits per heavy atom. The molecule has 0 aliphatic carbocycles. The highest BCUT2D eigenvalue weighted by Gasteiger charge is 2.04. The number of rotatable bonds is 5. The van der Waals surface area contributed by atoms with E-state index < -0.39 is 0 Å². The van der Waals surface area contributed by atoms with Gasteiger partial charge in [-0.15, -0.1) is 11.6 Å². The molecule has 2 heteroatoms. The molecule has 0 aromatic rings. The van der Waals surface area contributed by atoms with Crippen LogP contribution in [0.1, 0.15) is 27.2 Å². The second kappa shape index (κ2) is 5.99. The van der Waals surface area contributed by atoms with Gasteiger partial charge in [-0.05, 0) is 26.2 Å². The number of halogens is 1. The zero-order valence-corrected chi connectivity index (χ0v) is 7.82. The van der Waals surface area contributed by atoms with Crippen LogP contribution >= 0.6 is 11.6 Å². The summed E-state index contributed by atoms with van der Waals surface area (Å²) in [7, 11) is 0. The lowest BCUT2D eigenvalue weighted by molar-refractivity contribution is 0.0553. The van der Waals surface area contributed by atoms with E-state index in [-0.39, 0.29) is 0 Å². The van der Waals surface area contributed by atoms with Gasteiger partial charge in [0.15, 0.2) is 0 Å². The van der Waals surface area contributed by atoms with Crippen LogP contribution < -0.4 is 0 Å². The zero-order chi connectivity index (χ0) is 7.98. The summed E-state index contributed by atoms with van der Waals surface area (Å²) in [5.41, 5.74) is 0. The lowest BCUT2D eigenvalue weighted by Gasteiger charge is -2.13. The van der Waals surface area contributed by atoms with Crippen LogP contribution in [0.4, 0.5) is 0 Å². The topological polar surface area (TPSA) is 9.23 Å². The van der Waals surface area contributed by atoms with Gasteiger partial charge in [0.25, 0.3) is 0 Å². The summed E-state index contributed by atoms with van der Waals surface area (Å²) in [6, 6.07) is 0. The van der Waals surface area contributed by atoms with Gasteiger partial charge in [0.2, 0.25) is 0 Å². The largest absolute Gasteiger partial charge is 0.378 e. The third-order valence-electron chi connectivity index (χ3n) is 1.46. The molecule has 0 aliphatic heterocycles. The Bertz CT molecular complexity index is 69.7. The Balaban J connectivity index is 3.26. The molecule has 0 N–H and O–H groups in total. The molecule has 1 atom stereocenters. The highest BCUT2D eigenvalue weighted by atomic mass is 35.5. The predicted molar refractivity (Wildman–Crippen MR) is 45.6 cm³/mol. The van der Waals surface area contributed by atoms with Crippen LogP contribution in [0.5, 0.6) is 0 Å². The first-order chi connectivity index (χ1) is 4.70. The van der Waals surface area contributed by atoms with E-state index in [1.807, 2.05) is 13.8 Å². The summed E-state index contributed by atoms with van der Waals surface area (Å²) in [5.74, 6) is 1.24. The Morgan fingerprint density at radius 2 is 2.00 bits per heavy atom. The molecule has 1 nitrogen and oxygen atoms in total. The van der Waals surface area contributed by atoms with Crippen molar-refractivity contribution in [1.82, 2.24) is 0 Å². The average Bonchev–Trinajstić information content (AvgIpc) is 1.90. The molecular formula is C8H17ClO. The fourth-order valence-corrected chi connectivity index (χ4v) is 0.907. The maximum Gasteiger partial charge on any atom is 0.0519 e. The van der Waals surface area contributed by atoms with Crippen LogP contribution in [-0.2, 0) is 4.74 Å². The third-order valence-corrected chi connectivity index (χ3v) is 1.90. The lowest BCUT2D eigenvalue weighted by Crippen LogP contribution is -2.14. The summed E-state index contributed by atoms with van der Waals surface area (Å²) in [6.07, 6.45) is 1.44. The minimum Gasteiger partial charge on any atom is -0.378 e. The van der Waals surface area contributed by atoms with Crippen molar-refractivity contribution in [3.63, 3.8) is 0 Å². The lowest BCUT2D eigenvalue weighted by atomic mass is 10.1. The van der Waals surface area contributed by atoms with Gasteiger partial charge in [-0.25, -0.2) is 0 Å². The molecular weight excluding hydrogens is 148 g/mol. The average molecular weight is 165 g/mol. The van der Waals surface area contributed by atoms with Crippen molar-refractivity contribution in [2.24, 2.45) is 5.92 Å². The van der Waals surface area contributed by atoms with Gasteiger partial charge in [0, 0.05) is 5.88 Å². The van der Waals surface area contributed by atoms with Gasteiger partial charge < -0.3 is 4.74 Å². The quantitative estimate of drug-likeness (QED) is 0.568. The van der Waals surface area contributed by atoms with E-state index in [4.69, 9.17) is 16.3 Å². The maximum atomic E-state index is 5.67. The second-order valence-corrected chi connectivity index (χ2v) is 3.12. The molecule has 0 bridgehead atoms. The van der Waals surface area contributed by atoms with Crippen LogP contribution in [0, 0.1) is 5.92 Å². The summed E-state index contributed by atoms with van der Waals surface area (Å²) in [6.45, 7) is 7.02. The summed E-state index contributed by atoms with van der Waals surface area (Å²) in [4.78, 5) is 0. The van der Waals surface area contributed by atoms with Gasteiger partial charge in [-0.1, -0.05) is 6.92 Å². The van der Waals surface area contributed by atoms with Crippen LogP contribution in [0.3, 0.4) is 0 Å². The Kier molecular flexibility index (Phi) is 6.14. The Hall–Kier alpha value is 0.250. The van der Waals surface area contributed by atoms with E-state index in [0.717, 1.165) is 13.0 Å². The van der Waals surface area contributed by atoms with E-state index in [2.05, 4.69) is 6.92 Å². The fourth-order valence-electron chi connectivity index (χ4n) is 0.600. The summed E-state index contributed by atoms with van der Waals surface area (Å²) < 4.78 is 5.40. The second-order valence-electron chi connectivity index (χ2n) is 2.81. The van der Waals surface area contributed by atoms with E-state index in [1.165, 1.54) is 0 Å². The minimum atomic E-state index is 0.331. The summed E-state index contributed by atoms with van der Waals surface area (Å²) >= 11 is 5.67. The molecule has 0 aromatic carbocycles. The molecule has 1 unspecified atom stereocenters. The van der Waals surface area contributed by atoms with Crippen molar-refractivity contribution >= 4 is 11.6 Å². The van der Waals surface area contributed by atoms with Gasteiger partial charge in [-0.2, -0.15) is 0 Å². The first kappa shape index (κ1) is 10.2. The van der Waals surface area contributed by atoms with Crippen LogP contribution in [-0.4, -0.2) is 18.6 Å². The van der Waals surface area contributed by atoms with Crippen molar-refractivity contribution in [1.29, 1.82) is 0 Å². The molecule has 62 valence electrons. The Morgan fingerprint density at radius 3 is 2.30 bits per heavy atom. The molecule has 0 rings (SSSR count). The highest BCUT2D eigenvalue weighted by Crippen LogP contribution is 2.06. The van der Waals surface area contributed by atoms with E-state index in [0.29, 0.717) is 17.9 Å². The first-order valence-corrected chi connectivity index (χ1v) is 4.41. The number of alkyl halides is 1. The minimum absolute atomic E-state index is 0.331. The van der Waals surface area contributed by atoms with E-state index in [1.54, 1.807) is 0 Å². The van der Waals surface area contributed by atoms with Gasteiger partial charge >= 0.3 is 0 Å². The van der Waals surface area contributed by atoms with Crippen molar-refractivity contribution in [2.75, 3.05) is 12.5 Å². The molecule has 0 radical (unpaired) electrons. The maximum absolute atomic E-state index is 5.67. The first-order valence-electron chi connectivity index (χ1n) is 3.88. The smallest absolute Gasteiger partial charge is 0.0519 e. The number of hydrogen-bond donors (Lipinski definition) is 0. The molecule has 0 saturated heterocycles. The van der Waals surface area contributed by atoms with Gasteiger partial charge in [-0.3, -0.25) is 0 Å². The summed E-state index contributed by atoms with van der Waals surface area (Å²) in [5, 5.41) is 0. The van der Waals surface area contributed by atoms with Crippen molar-refractivity contribution < 1.29 is 4.74 Å². The molecule has 0 aromatic heterocycles. The van der Waals surface area contributed by atoms with Crippen molar-refractivity contribution in [3.8, 4) is 0 Å². The van der Waals surface area contributed by atoms with Crippen molar-refractivity contribution in [2.45, 2.75) is 33.3 Å². The molecule has 10 heavy (non-hydrogen) atoms. The molecule has 0 fully saturated rings. The van der Waals surface area contributed by atoms with Crippen molar-refractivity contribution in [3.05, 3.63) is 0 Å². The fraction of sp³-hybridized carbons (Fsp3) is 1.00. The van der Waals surface area contributed by atoms with Crippen LogP contribution in [0.2, 0.25) is 0 Å². The molecule has 0 amide bonds. The third kappa shape index (κ3) is 5.07. The SMILES string of the molecule is CCC(CCl)COC(C)C. The molecule has 0 spiro atoms. The zero-order valence-electron chi connectivity index (χ0n) is 7.06. The highest BCUT2D eigenvalue weighted by molar-refractivity contribution is 6.18. The van der Waals surface area contributed by atoms with Gasteiger partial charge in [0.05, 0.1) is 12.7 Å². The molecule has 0 saturated carbocycles. The molecule has 0 heterocycles. The monoisotopic (exact) mass is 164 g/mol. The normalized spacial score (nSPS) is 14.1. The van der Waals surface area contributed by atoms with E-state index in [9.17, 15) is 0 Å². The van der Waals surface area contributed by atoms with Crippen LogP contribution in [0.25, 0.3) is 0 Å². The standard InChI is InChI=1S/C8H17ClO/c1-4-8(5-9)6-10-7(2)3/h7-8H,4-6H2,1-3H3. The number of ether oxygens (including phenoxy) is 1. The van der Waals surface area contributed by atoms with E-state index >= 15 is 0 Å². The predicted octanol–water partition coefficient (Wildman–Crippen LogP) is 2.68. The molecule has 0 aliphatic rings. The number of hydrogen-bond acceptors (Lipinski definition) is 1. The van der Waals surface area contributed by atoms with Crippen LogP contribution in [0.15, 0.2) is 0 Å².